The monoisotopic (exact) mass is 518 g/mol. The van der Waals surface area contributed by atoms with Crippen molar-refractivity contribution in [2.45, 2.75) is 51.3 Å². The molecule has 3 aliphatic heterocycles. The molecule has 3 aromatic rings. The van der Waals surface area contributed by atoms with Crippen LogP contribution in [0.1, 0.15) is 38.2 Å². The molecular formula is C29H38N6O3. The van der Waals surface area contributed by atoms with Crippen LogP contribution in [0.2, 0.25) is 0 Å². The molecule has 0 aliphatic carbocycles. The van der Waals surface area contributed by atoms with E-state index < -0.39 is 0 Å². The quantitative estimate of drug-likeness (QED) is 0.527. The van der Waals surface area contributed by atoms with Crippen molar-refractivity contribution in [2.75, 3.05) is 62.8 Å². The number of likely N-dealkylation sites (tertiary alicyclic amines) is 1. The summed E-state index contributed by atoms with van der Waals surface area (Å²) in [6.45, 7) is 8.66. The van der Waals surface area contributed by atoms with Gasteiger partial charge in [-0.15, -0.1) is 0 Å². The zero-order chi connectivity index (χ0) is 26.1. The molecule has 202 valence electrons. The van der Waals surface area contributed by atoms with E-state index in [4.69, 9.17) is 24.4 Å². The summed E-state index contributed by atoms with van der Waals surface area (Å²) in [5, 5.41) is 10.8. The number of aliphatic hydroxyl groups is 1. The standard InChI is InChI=1S/C29H38N6O3/c1-20-19-38-16-15-35(20)28-24-6-7-25(21-5-8-26(37-2)22(17-21)18-36)30-27(24)31-29(32-28)34-13-9-23(10-14-34)33-11-3-4-12-33/h5-8,17,20,23,36H,3-4,9-16,18-19H2,1-2H3/t20-/m0/s1. The Morgan fingerprint density at radius 1 is 1.00 bits per heavy atom. The molecule has 5 heterocycles. The molecular weight excluding hydrogens is 480 g/mol. The number of nitrogens with zero attached hydrogens (tertiary/aromatic N) is 6. The predicted octanol–water partition coefficient (Wildman–Crippen LogP) is 3.48. The van der Waals surface area contributed by atoms with E-state index in [-0.39, 0.29) is 12.6 Å². The number of benzene rings is 1. The minimum Gasteiger partial charge on any atom is -0.496 e. The number of pyridine rings is 1. The summed E-state index contributed by atoms with van der Waals surface area (Å²) >= 11 is 0. The van der Waals surface area contributed by atoms with Crippen molar-refractivity contribution < 1.29 is 14.6 Å². The molecule has 9 heteroatoms. The minimum atomic E-state index is -0.0939. The van der Waals surface area contributed by atoms with E-state index in [0.717, 1.165) is 66.4 Å². The van der Waals surface area contributed by atoms with Crippen LogP contribution >= 0.6 is 0 Å². The van der Waals surface area contributed by atoms with Crippen molar-refractivity contribution in [3.8, 4) is 17.0 Å². The molecule has 0 unspecified atom stereocenters. The van der Waals surface area contributed by atoms with Gasteiger partial charge in [0.1, 0.15) is 11.6 Å². The lowest BCUT2D eigenvalue weighted by Gasteiger charge is -2.38. The van der Waals surface area contributed by atoms with E-state index in [1.165, 1.54) is 25.9 Å². The molecule has 0 spiro atoms. The molecule has 1 aromatic carbocycles. The fourth-order valence-electron chi connectivity index (χ4n) is 6.14. The average Bonchev–Trinajstić information content (AvgIpc) is 3.51. The van der Waals surface area contributed by atoms with Gasteiger partial charge in [0.2, 0.25) is 5.95 Å². The maximum atomic E-state index is 9.82. The van der Waals surface area contributed by atoms with Crippen LogP contribution in [0, 0.1) is 0 Å². The Balaban J connectivity index is 1.37. The van der Waals surface area contributed by atoms with E-state index in [1.54, 1.807) is 7.11 Å². The summed E-state index contributed by atoms with van der Waals surface area (Å²) in [6, 6.07) is 10.8. The molecule has 0 amide bonds. The second-order valence-electron chi connectivity index (χ2n) is 10.7. The van der Waals surface area contributed by atoms with E-state index in [0.29, 0.717) is 30.7 Å². The third kappa shape index (κ3) is 4.90. The first-order valence-electron chi connectivity index (χ1n) is 13.9. The highest BCUT2D eigenvalue weighted by atomic mass is 16.5. The number of ether oxygens (including phenoxy) is 2. The van der Waals surface area contributed by atoms with Crippen molar-refractivity contribution in [3.05, 3.63) is 35.9 Å². The summed E-state index contributed by atoms with van der Waals surface area (Å²) < 4.78 is 11.1. The molecule has 3 fully saturated rings. The van der Waals surface area contributed by atoms with Gasteiger partial charge in [-0.05, 0) is 76.0 Å². The van der Waals surface area contributed by atoms with Crippen molar-refractivity contribution >= 4 is 22.8 Å². The van der Waals surface area contributed by atoms with E-state index in [1.807, 2.05) is 24.3 Å². The number of aromatic nitrogens is 3. The van der Waals surface area contributed by atoms with Crippen molar-refractivity contribution in [3.63, 3.8) is 0 Å². The van der Waals surface area contributed by atoms with Crippen LogP contribution in [0.5, 0.6) is 5.75 Å². The first-order valence-corrected chi connectivity index (χ1v) is 13.9. The molecule has 0 saturated carbocycles. The van der Waals surface area contributed by atoms with Gasteiger partial charge >= 0.3 is 0 Å². The van der Waals surface area contributed by atoms with E-state index in [9.17, 15) is 5.11 Å². The van der Waals surface area contributed by atoms with Gasteiger partial charge in [0.25, 0.3) is 0 Å². The molecule has 2 aromatic heterocycles. The number of piperidine rings is 1. The average molecular weight is 519 g/mol. The third-order valence-electron chi connectivity index (χ3n) is 8.32. The van der Waals surface area contributed by atoms with Gasteiger partial charge in [-0.1, -0.05) is 0 Å². The molecule has 1 N–H and O–H groups in total. The smallest absolute Gasteiger partial charge is 0.229 e. The molecule has 9 nitrogen and oxygen atoms in total. The van der Waals surface area contributed by atoms with Crippen LogP contribution in [0.25, 0.3) is 22.3 Å². The van der Waals surface area contributed by atoms with Crippen LogP contribution in [0.15, 0.2) is 30.3 Å². The number of methoxy groups -OCH3 is 1. The van der Waals surface area contributed by atoms with Gasteiger partial charge < -0.3 is 29.3 Å². The maximum Gasteiger partial charge on any atom is 0.229 e. The Morgan fingerprint density at radius 3 is 2.55 bits per heavy atom. The number of aliphatic hydroxyl groups excluding tert-OH is 1. The fourth-order valence-corrected chi connectivity index (χ4v) is 6.14. The molecule has 3 saturated heterocycles. The number of fused-ring (bicyclic) bond motifs is 1. The van der Waals surface area contributed by atoms with Gasteiger partial charge in [-0.25, -0.2) is 4.98 Å². The van der Waals surface area contributed by atoms with Gasteiger partial charge in [0.15, 0.2) is 5.65 Å². The van der Waals surface area contributed by atoms with Crippen LogP contribution in [-0.2, 0) is 11.3 Å². The maximum absolute atomic E-state index is 9.82. The number of hydrogen-bond acceptors (Lipinski definition) is 9. The zero-order valence-electron chi connectivity index (χ0n) is 22.5. The lowest BCUT2D eigenvalue weighted by Crippen LogP contribution is -2.45. The van der Waals surface area contributed by atoms with Crippen LogP contribution in [0.3, 0.4) is 0 Å². The lowest BCUT2D eigenvalue weighted by atomic mass is 10.0. The Labute approximate surface area is 224 Å². The number of hydrogen-bond donors (Lipinski definition) is 1. The Morgan fingerprint density at radius 2 is 1.82 bits per heavy atom. The van der Waals surface area contributed by atoms with Crippen molar-refractivity contribution in [2.24, 2.45) is 0 Å². The highest BCUT2D eigenvalue weighted by Crippen LogP contribution is 2.33. The summed E-state index contributed by atoms with van der Waals surface area (Å²) in [6.07, 6.45) is 4.95. The first kappa shape index (κ1) is 25.3. The van der Waals surface area contributed by atoms with Crippen LogP contribution in [0.4, 0.5) is 11.8 Å². The van der Waals surface area contributed by atoms with Gasteiger partial charge in [-0.2, -0.15) is 9.97 Å². The SMILES string of the molecule is COc1ccc(-c2ccc3c(N4CCOC[C@@H]4C)nc(N4CCC(N5CCCC5)CC4)nc3n2)cc1CO. The number of anilines is 2. The third-order valence-corrected chi connectivity index (χ3v) is 8.32. The van der Waals surface area contributed by atoms with E-state index in [2.05, 4.69) is 27.7 Å². The Bertz CT molecular complexity index is 1270. The highest BCUT2D eigenvalue weighted by molar-refractivity contribution is 5.90. The molecule has 0 bridgehead atoms. The van der Waals surface area contributed by atoms with Crippen molar-refractivity contribution in [1.29, 1.82) is 0 Å². The summed E-state index contributed by atoms with van der Waals surface area (Å²) in [7, 11) is 1.61. The Kier molecular flexibility index (Phi) is 7.32. The Hall–Kier alpha value is -3.01. The molecule has 1 atom stereocenters. The van der Waals surface area contributed by atoms with Crippen LogP contribution < -0.4 is 14.5 Å². The largest absolute Gasteiger partial charge is 0.496 e. The minimum absolute atomic E-state index is 0.0939. The summed E-state index contributed by atoms with van der Waals surface area (Å²) in [5.74, 6) is 2.37. The number of morpholine rings is 1. The molecule has 3 aliphatic rings. The lowest BCUT2D eigenvalue weighted by molar-refractivity contribution is 0.0987. The predicted molar refractivity (Wildman–Crippen MR) is 149 cm³/mol. The van der Waals surface area contributed by atoms with Crippen LogP contribution in [-0.4, -0.2) is 90.1 Å². The zero-order valence-corrected chi connectivity index (χ0v) is 22.5. The van der Waals surface area contributed by atoms with Gasteiger partial charge in [0.05, 0.1) is 44.1 Å². The summed E-state index contributed by atoms with van der Waals surface area (Å²) in [4.78, 5) is 22.6. The molecule has 6 rings (SSSR count). The van der Waals surface area contributed by atoms with E-state index >= 15 is 0 Å². The van der Waals surface area contributed by atoms with Crippen molar-refractivity contribution in [1.82, 2.24) is 19.9 Å². The highest BCUT2D eigenvalue weighted by Gasteiger charge is 2.29. The second kappa shape index (κ2) is 11.0. The second-order valence-corrected chi connectivity index (χ2v) is 10.7. The number of rotatable bonds is 6. The molecule has 0 radical (unpaired) electrons. The topological polar surface area (TPSA) is 87.1 Å². The van der Waals surface area contributed by atoms with Gasteiger partial charge in [-0.3, -0.25) is 0 Å². The van der Waals surface area contributed by atoms with Gasteiger partial charge in [0, 0.05) is 36.8 Å². The summed E-state index contributed by atoms with van der Waals surface area (Å²) in [5.41, 5.74) is 3.17. The first-order chi connectivity index (χ1) is 18.6. The normalized spacial score (nSPS) is 21.4. The fraction of sp³-hybridized carbons (Fsp3) is 0.552. The molecule has 38 heavy (non-hydrogen) atoms.